The standard InChI is InChI=1S/C17H17F3/c1-13-5-7-14(8-6-13)3-2-4-15-9-11-16(12-10-15)17(18,19)20/h5-12H,2-4H2,1H3. The minimum Gasteiger partial charge on any atom is -0.166 e. The summed E-state index contributed by atoms with van der Waals surface area (Å²) in [6.07, 6.45) is -1.57. The number of hydrogen-bond donors (Lipinski definition) is 0. The van der Waals surface area contributed by atoms with Gasteiger partial charge in [0.05, 0.1) is 5.56 Å². The number of aryl methyl sites for hydroxylation is 3. The second kappa shape index (κ2) is 6.12. The molecule has 2 aromatic rings. The molecule has 0 unspecified atom stereocenters. The molecule has 0 aliphatic rings. The van der Waals surface area contributed by atoms with Crippen molar-refractivity contribution in [1.82, 2.24) is 0 Å². The van der Waals surface area contributed by atoms with Crippen LogP contribution < -0.4 is 0 Å². The molecule has 0 radical (unpaired) electrons. The number of alkyl halides is 3. The summed E-state index contributed by atoms with van der Waals surface area (Å²) in [5, 5.41) is 0. The Morgan fingerprint density at radius 1 is 0.750 bits per heavy atom. The number of halogens is 3. The van der Waals surface area contributed by atoms with Gasteiger partial charge < -0.3 is 0 Å². The highest BCUT2D eigenvalue weighted by Gasteiger charge is 2.29. The van der Waals surface area contributed by atoms with Gasteiger partial charge in [0.1, 0.15) is 0 Å². The van der Waals surface area contributed by atoms with Crippen LogP contribution >= 0.6 is 0 Å². The van der Waals surface area contributed by atoms with Gasteiger partial charge in [-0.3, -0.25) is 0 Å². The Labute approximate surface area is 117 Å². The van der Waals surface area contributed by atoms with Crippen LogP contribution in [0, 0.1) is 6.92 Å². The predicted octanol–water partition coefficient (Wildman–Crippen LogP) is 5.19. The zero-order valence-electron chi connectivity index (χ0n) is 11.4. The summed E-state index contributed by atoms with van der Waals surface area (Å²) in [4.78, 5) is 0. The van der Waals surface area contributed by atoms with E-state index in [9.17, 15) is 13.2 Å². The molecule has 0 aromatic heterocycles. The van der Waals surface area contributed by atoms with E-state index in [1.165, 1.54) is 11.1 Å². The molecule has 3 heteroatoms. The van der Waals surface area contributed by atoms with Gasteiger partial charge in [0.25, 0.3) is 0 Å². The molecular weight excluding hydrogens is 261 g/mol. The topological polar surface area (TPSA) is 0 Å². The third kappa shape index (κ3) is 4.12. The summed E-state index contributed by atoms with van der Waals surface area (Å²) in [5.41, 5.74) is 2.86. The summed E-state index contributed by atoms with van der Waals surface area (Å²) in [6, 6.07) is 13.8. The highest BCUT2D eigenvalue weighted by molar-refractivity contribution is 5.25. The first-order valence-electron chi connectivity index (χ1n) is 6.67. The van der Waals surface area contributed by atoms with Gasteiger partial charge in [0.2, 0.25) is 0 Å². The zero-order chi connectivity index (χ0) is 14.6. The zero-order valence-corrected chi connectivity index (χ0v) is 11.4. The van der Waals surface area contributed by atoms with Crippen LogP contribution in [0.4, 0.5) is 13.2 Å². The second-order valence-electron chi connectivity index (χ2n) is 5.03. The van der Waals surface area contributed by atoms with Crippen LogP contribution in [0.15, 0.2) is 48.5 Å². The molecule has 0 N–H and O–H groups in total. The molecule has 2 rings (SSSR count). The molecule has 0 spiro atoms. The van der Waals surface area contributed by atoms with Crippen molar-refractivity contribution >= 4 is 0 Å². The molecule has 0 atom stereocenters. The van der Waals surface area contributed by atoms with Gasteiger partial charge in [0.15, 0.2) is 0 Å². The average Bonchev–Trinajstić information content (AvgIpc) is 2.41. The van der Waals surface area contributed by atoms with Crippen LogP contribution in [0.1, 0.15) is 28.7 Å². The lowest BCUT2D eigenvalue weighted by Gasteiger charge is -2.07. The van der Waals surface area contributed by atoms with E-state index < -0.39 is 11.7 Å². The van der Waals surface area contributed by atoms with E-state index in [-0.39, 0.29) is 0 Å². The van der Waals surface area contributed by atoms with E-state index in [1.54, 1.807) is 12.1 Å². The lowest BCUT2D eigenvalue weighted by atomic mass is 10.0. The van der Waals surface area contributed by atoms with Crippen molar-refractivity contribution in [2.75, 3.05) is 0 Å². The fourth-order valence-electron chi connectivity index (χ4n) is 2.11. The minimum atomic E-state index is -4.25. The van der Waals surface area contributed by atoms with E-state index in [1.807, 2.05) is 6.92 Å². The lowest BCUT2D eigenvalue weighted by molar-refractivity contribution is -0.137. The SMILES string of the molecule is Cc1ccc(CCCc2ccc(C(F)(F)F)cc2)cc1. The molecule has 0 fully saturated rings. The first-order valence-corrected chi connectivity index (χ1v) is 6.67. The molecule has 0 bridgehead atoms. The van der Waals surface area contributed by atoms with Crippen molar-refractivity contribution in [3.63, 3.8) is 0 Å². The number of hydrogen-bond acceptors (Lipinski definition) is 0. The van der Waals surface area contributed by atoms with E-state index in [0.717, 1.165) is 37.0 Å². The van der Waals surface area contributed by atoms with Gasteiger partial charge in [-0.15, -0.1) is 0 Å². The quantitative estimate of drug-likeness (QED) is 0.722. The maximum atomic E-state index is 12.4. The Bertz CT molecular complexity index is 536. The number of rotatable bonds is 4. The molecule has 2 aromatic carbocycles. The molecule has 0 saturated heterocycles. The monoisotopic (exact) mass is 278 g/mol. The van der Waals surface area contributed by atoms with Gasteiger partial charge in [-0.25, -0.2) is 0 Å². The third-order valence-corrected chi connectivity index (χ3v) is 3.33. The fraction of sp³-hybridized carbons (Fsp3) is 0.294. The molecule has 0 heterocycles. The van der Waals surface area contributed by atoms with Gasteiger partial charge in [-0.05, 0) is 49.4 Å². The van der Waals surface area contributed by atoms with Gasteiger partial charge >= 0.3 is 6.18 Å². The second-order valence-corrected chi connectivity index (χ2v) is 5.03. The Hall–Kier alpha value is -1.77. The molecule has 0 amide bonds. The molecule has 20 heavy (non-hydrogen) atoms. The predicted molar refractivity (Wildman–Crippen MR) is 74.6 cm³/mol. The van der Waals surface area contributed by atoms with Crippen LogP contribution in [0.5, 0.6) is 0 Å². The first-order chi connectivity index (χ1) is 9.45. The Morgan fingerprint density at radius 3 is 1.65 bits per heavy atom. The number of benzene rings is 2. The Kier molecular flexibility index (Phi) is 4.48. The van der Waals surface area contributed by atoms with Crippen LogP contribution in [-0.4, -0.2) is 0 Å². The highest BCUT2D eigenvalue weighted by Crippen LogP contribution is 2.29. The van der Waals surface area contributed by atoms with Crippen molar-refractivity contribution in [3.8, 4) is 0 Å². The average molecular weight is 278 g/mol. The van der Waals surface area contributed by atoms with Crippen molar-refractivity contribution in [2.24, 2.45) is 0 Å². The third-order valence-electron chi connectivity index (χ3n) is 3.33. The molecule has 0 nitrogen and oxygen atoms in total. The molecular formula is C17H17F3. The highest BCUT2D eigenvalue weighted by atomic mass is 19.4. The van der Waals surface area contributed by atoms with Crippen molar-refractivity contribution in [1.29, 1.82) is 0 Å². The molecule has 106 valence electrons. The minimum absolute atomic E-state index is 0.584. The van der Waals surface area contributed by atoms with E-state index in [4.69, 9.17) is 0 Å². The van der Waals surface area contributed by atoms with Crippen LogP contribution in [0.2, 0.25) is 0 Å². The molecule has 0 aliphatic carbocycles. The molecule has 0 aliphatic heterocycles. The maximum absolute atomic E-state index is 12.4. The maximum Gasteiger partial charge on any atom is 0.416 e. The van der Waals surface area contributed by atoms with Crippen molar-refractivity contribution in [3.05, 3.63) is 70.8 Å². The normalized spacial score (nSPS) is 11.6. The summed E-state index contributed by atoms with van der Waals surface area (Å²) in [7, 11) is 0. The van der Waals surface area contributed by atoms with Gasteiger partial charge in [-0.2, -0.15) is 13.2 Å². The molecule has 0 saturated carbocycles. The summed E-state index contributed by atoms with van der Waals surface area (Å²) in [5.74, 6) is 0. The van der Waals surface area contributed by atoms with E-state index >= 15 is 0 Å². The largest absolute Gasteiger partial charge is 0.416 e. The van der Waals surface area contributed by atoms with E-state index in [2.05, 4.69) is 24.3 Å². The smallest absolute Gasteiger partial charge is 0.166 e. The van der Waals surface area contributed by atoms with Crippen LogP contribution in [0.25, 0.3) is 0 Å². The van der Waals surface area contributed by atoms with Crippen molar-refractivity contribution in [2.45, 2.75) is 32.4 Å². The first kappa shape index (κ1) is 14.6. The fourth-order valence-corrected chi connectivity index (χ4v) is 2.11. The van der Waals surface area contributed by atoms with Gasteiger partial charge in [0, 0.05) is 0 Å². The Morgan fingerprint density at radius 2 is 1.20 bits per heavy atom. The summed E-state index contributed by atoms with van der Waals surface area (Å²) < 4.78 is 37.3. The summed E-state index contributed by atoms with van der Waals surface area (Å²) in [6.45, 7) is 2.05. The van der Waals surface area contributed by atoms with Crippen LogP contribution in [0.3, 0.4) is 0 Å². The van der Waals surface area contributed by atoms with Gasteiger partial charge in [-0.1, -0.05) is 42.0 Å². The van der Waals surface area contributed by atoms with Crippen molar-refractivity contribution < 1.29 is 13.2 Å². The Balaban J connectivity index is 1.87. The van der Waals surface area contributed by atoms with Crippen LogP contribution in [-0.2, 0) is 19.0 Å². The van der Waals surface area contributed by atoms with E-state index in [0.29, 0.717) is 0 Å². The lowest BCUT2D eigenvalue weighted by Crippen LogP contribution is -2.04. The summed E-state index contributed by atoms with van der Waals surface area (Å²) >= 11 is 0.